The Morgan fingerprint density at radius 3 is 2.46 bits per heavy atom. The maximum Gasteiger partial charge on any atom is 0.174 e. The van der Waals surface area contributed by atoms with E-state index in [0.717, 1.165) is 34.3 Å². The molecule has 1 aliphatic rings. The minimum atomic E-state index is -0.102. The van der Waals surface area contributed by atoms with Gasteiger partial charge in [0.15, 0.2) is 5.11 Å². The molecule has 1 N–H and O–H groups in total. The van der Waals surface area contributed by atoms with Gasteiger partial charge in [-0.15, -0.1) is 0 Å². The molecule has 7 heteroatoms. The fourth-order valence-electron chi connectivity index (χ4n) is 4.90. The van der Waals surface area contributed by atoms with Crippen LogP contribution in [0.15, 0.2) is 73.1 Å². The number of ether oxygens (including phenoxy) is 1. The van der Waals surface area contributed by atoms with Crippen molar-refractivity contribution in [1.82, 2.24) is 19.9 Å². The lowest BCUT2D eigenvalue weighted by molar-refractivity contribution is 0.340. The van der Waals surface area contributed by atoms with Gasteiger partial charge in [0.2, 0.25) is 0 Å². The van der Waals surface area contributed by atoms with E-state index in [9.17, 15) is 0 Å². The van der Waals surface area contributed by atoms with Gasteiger partial charge >= 0.3 is 0 Å². The highest BCUT2D eigenvalue weighted by Crippen LogP contribution is 2.43. The SMILES string of the molecule is CCOc1ccc(N2C(=S)NC(c3ccccn3)C2c2cc(C)n(-c3cc(C)ccn3)c2C)cc1. The van der Waals surface area contributed by atoms with E-state index in [1.54, 1.807) is 0 Å². The highest BCUT2D eigenvalue weighted by atomic mass is 32.1. The maximum atomic E-state index is 5.89. The number of hydrogen-bond donors (Lipinski definition) is 1. The third-order valence-electron chi connectivity index (χ3n) is 6.44. The molecule has 4 heterocycles. The minimum Gasteiger partial charge on any atom is -0.494 e. The lowest BCUT2D eigenvalue weighted by atomic mass is 9.96. The second-order valence-electron chi connectivity index (χ2n) is 8.78. The second kappa shape index (κ2) is 9.50. The summed E-state index contributed by atoms with van der Waals surface area (Å²) < 4.78 is 7.88. The number of pyridine rings is 2. The molecule has 1 aliphatic heterocycles. The Labute approximate surface area is 211 Å². The molecule has 0 bridgehead atoms. The van der Waals surface area contributed by atoms with Gasteiger partial charge in [-0.1, -0.05) is 6.07 Å². The standard InChI is InChI=1S/C28H29N5OS/c1-5-34-22-11-9-21(10-12-22)33-27(26(31-28(33)35)24-8-6-7-14-29-24)23-17-19(3)32(20(23)4)25-16-18(2)13-15-30-25/h6-17,26-27H,5H2,1-4H3,(H,31,35). The molecule has 35 heavy (non-hydrogen) atoms. The Kier molecular flexibility index (Phi) is 6.26. The zero-order valence-corrected chi connectivity index (χ0v) is 21.2. The zero-order valence-electron chi connectivity index (χ0n) is 20.4. The summed E-state index contributed by atoms with van der Waals surface area (Å²) in [6.07, 6.45) is 3.69. The Balaban J connectivity index is 1.64. The molecule has 0 spiro atoms. The normalized spacial score (nSPS) is 17.5. The number of hydrogen-bond acceptors (Lipinski definition) is 4. The van der Waals surface area contributed by atoms with E-state index in [0.29, 0.717) is 11.7 Å². The Morgan fingerprint density at radius 1 is 0.971 bits per heavy atom. The van der Waals surface area contributed by atoms with E-state index >= 15 is 0 Å². The molecule has 5 rings (SSSR count). The van der Waals surface area contributed by atoms with Gasteiger partial charge in [0, 0.05) is 29.5 Å². The summed E-state index contributed by atoms with van der Waals surface area (Å²) in [5.41, 5.74) is 6.58. The summed E-state index contributed by atoms with van der Waals surface area (Å²) in [5, 5.41) is 4.22. The van der Waals surface area contributed by atoms with Crippen molar-refractivity contribution >= 4 is 23.0 Å². The number of aryl methyl sites for hydroxylation is 2. The van der Waals surface area contributed by atoms with Crippen molar-refractivity contribution in [1.29, 1.82) is 0 Å². The van der Waals surface area contributed by atoms with Crippen LogP contribution in [0.5, 0.6) is 5.75 Å². The first-order valence-corrected chi connectivity index (χ1v) is 12.2. The molecule has 6 nitrogen and oxygen atoms in total. The van der Waals surface area contributed by atoms with Crippen molar-refractivity contribution < 1.29 is 4.74 Å². The third kappa shape index (κ3) is 4.28. The number of anilines is 1. The van der Waals surface area contributed by atoms with E-state index < -0.39 is 0 Å². The van der Waals surface area contributed by atoms with Gasteiger partial charge in [-0.2, -0.15) is 0 Å². The maximum absolute atomic E-state index is 5.89. The van der Waals surface area contributed by atoms with Gasteiger partial charge < -0.3 is 19.5 Å². The third-order valence-corrected chi connectivity index (χ3v) is 6.76. The molecule has 1 aromatic carbocycles. The predicted molar refractivity (Wildman–Crippen MR) is 143 cm³/mol. The van der Waals surface area contributed by atoms with E-state index in [2.05, 4.69) is 75.9 Å². The molecule has 1 saturated heterocycles. The summed E-state index contributed by atoms with van der Waals surface area (Å²) in [7, 11) is 0. The lowest BCUT2D eigenvalue weighted by Crippen LogP contribution is -2.29. The number of thiocarbonyl (C=S) groups is 1. The molecule has 3 aromatic heterocycles. The lowest BCUT2D eigenvalue weighted by Gasteiger charge is -2.28. The van der Waals surface area contributed by atoms with Gasteiger partial charge in [-0.25, -0.2) is 4.98 Å². The van der Waals surface area contributed by atoms with Crippen LogP contribution in [-0.4, -0.2) is 26.3 Å². The van der Waals surface area contributed by atoms with E-state index in [1.165, 1.54) is 11.1 Å². The number of nitrogens with one attached hydrogen (secondary N) is 1. The Hall–Kier alpha value is -3.71. The molecular formula is C28H29N5OS. The van der Waals surface area contributed by atoms with Gasteiger partial charge in [0.1, 0.15) is 11.6 Å². The van der Waals surface area contributed by atoms with E-state index in [-0.39, 0.29) is 12.1 Å². The van der Waals surface area contributed by atoms with Crippen LogP contribution in [-0.2, 0) is 0 Å². The van der Waals surface area contributed by atoms with Gasteiger partial charge in [0.05, 0.1) is 24.4 Å². The molecule has 1 fully saturated rings. The fraction of sp³-hybridized carbons (Fsp3) is 0.250. The molecule has 0 radical (unpaired) electrons. The van der Waals surface area contributed by atoms with Gasteiger partial charge in [0.25, 0.3) is 0 Å². The van der Waals surface area contributed by atoms with Crippen LogP contribution in [0.25, 0.3) is 5.82 Å². The molecule has 178 valence electrons. The monoisotopic (exact) mass is 483 g/mol. The summed E-state index contributed by atoms with van der Waals surface area (Å²) in [4.78, 5) is 11.5. The summed E-state index contributed by atoms with van der Waals surface area (Å²) in [6.45, 7) is 8.98. The summed E-state index contributed by atoms with van der Waals surface area (Å²) >= 11 is 5.89. The van der Waals surface area contributed by atoms with Crippen LogP contribution in [0.3, 0.4) is 0 Å². The molecule has 0 amide bonds. The van der Waals surface area contributed by atoms with Gasteiger partial charge in [-0.05, 0) is 106 Å². The highest BCUT2D eigenvalue weighted by molar-refractivity contribution is 7.80. The van der Waals surface area contributed by atoms with Crippen molar-refractivity contribution in [2.75, 3.05) is 11.5 Å². The largest absolute Gasteiger partial charge is 0.494 e. The van der Waals surface area contributed by atoms with Crippen molar-refractivity contribution in [3.8, 4) is 11.6 Å². The van der Waals surface area contributed by atoms with Crippen LogP contribution >= 0.6 is 12.2 Å². The Morgan fingerprint density at radius 2 is 1.77 bits per heavy atom. The van der Waals surface area contributed by atoms with Crippen LogP contribution in [0.2, 0.25) is 0 Å². The zero-order chi connectivity index (χ0) is 24.5. The molecule has 4 aromatic rings. The smallest absolute Gasteiger partial charge is 0.174 e. The average molecular weight is 484 g/mol. The predicted octanol–water partition coefficient (Wildman–Crippen LogP) is 5.77. The number of nitrogens with zero attached hydrogens (tertiary/aromatic N) is 4. The van der Waals surface area contributed by atoms with Crippen LogP contribution in [0.4, 0.5) is 5.69 Å². The van der Waals surface area contributed by atoms with Crippen LogP contribution < -0.4 is 15.0 Å². The van der Waals surface area contributed by atoms with Crippen molar-refractivity contribution in [3.63, 3.8) is 0 Å². The van der Waals surface area contributed by atoms with E-state index in [1.807, 2.05) is 49.6 Å². The van der Waals surface area contributed by atoms with E-state index in [4.69, 9.17) is 17.0 Å². The number of rotatable bonds is 6. The number of aromatic nitrogens is 3. The summed E-state index contributed by atoms with van der Waals surface area (Å²) in [5.74, 6) is 1.76. The minimum absolute atomic E-state index is 0.0832. The first-order valence-electron chi connectivity index (χ1n) is 11.8. The number of benzene rings is 1. The van der Waals surface area contributed by atoms with Gasteiger partial charge in [-0.3, -0.25) is 4.98 Å². The molecule has 0 saturated carbocycles. The molecule has 2 unspecified atom stereocenters. The summed E-state index contributed by atoms with van der Waals surface area (Å²) in [6, 6.07) is 20.3. The molecule has 0 aliphatic carbocycles. The average Bonchev–Trinajstić information content (AvgIpc) is 3.35. The van der Waals surface area contributed by atoms with Crippen LogP contribution in [0, 0.1) is 20.8 Å². The topological polar surface area (TPSA) is 55.2 Å². The highest BCUT2D eigenvalue weighted by Gasteiger charge is 2.42. The van der Waals surface area contributed by atoms with Crippen molar-refractivity contribution in [2.45, 2.75) is 39.8 Å². The first-order chi connectivity index (χ1) is 17.0. The quantitative estimate of drug-likeness (QED) is 0.352. The van der Waals surface area contributed by atoms with Crippen molar-refractivity contribution in [3.05, 3.63) is 101 Å². The van der Waals surface area contributed by atoms with Crippen molar-refractivity contribution in [2.24, 2.45) is 0 Å². The molecular weight excluding hydrogens is 454 g/mol. The van der Waals surface area contributed by atoms with Crippen LogP contribution in [0.1, 0.15) is 47.2 Å². The fourth-order valence-corrected chi connectivity index (χ4v) is 5.25. The Bertz CT molecular complexity index is 1350. The molecule has 2 atom stereocenters. The second-order valence-corrected chi connectivity index (χ2v) is 9.16. The first kappa shape index (κ1) is 23.1.